The fraction of sp³-hybridized carbons (Fsp3) is 0.600. The zero-order valence-corrected chi connectivity index (χ0v) is 13.9. The Labute approximate surface area is 129 Å². The van der Waals surface area contributed by atoms with Gasteiger partial charge in [0, 0.05) is 16.6 Å². The number of piperidine rings is 1. The van der Waals surface area contributed by atoms with E-state index in [-0.39, 0.29) is 0 Å². The van der Waals surface area contributed by atoms with Gasteiger partial charge in [0.05, 0.1) is 5.02 Å². The van der Waals surface area contributed by atoms with Gasteiger partial charge in [-0.3, -0.25) is 4.90 Å². The Hall–Kier alpha value is -0.0900. The SMILES string of the molecule is CC(C)N1CCCC(CN)C1c1ccc(Cl)c(Br)c1. The molecule has 2 rings (SSSR count). The van der Waals surface area contributed by atoms with Gasteiger partial charge in [-0.1, -0.05) is 17.7 Å². The van der Waals surface area contributed by atoms with E-state index in [1.165, 1.54) is 18.4 Å². The first kappa shape index (κ1) is 15.3. The van der Waals surface area contributed by atoms with Gasteiger partial charge < -0.3 is 5.73 Å². The van der Waals surface area contributed by atoms with Crippen LogP contribution in [0.4, 0.5) is 0 Å². The van der Waals surface area contributed by atoms with Gasteiger partial charge in [0.1, 0.15) is 0 Å². The number of nitrogens with two attached hydrogens (primary N) is 1. The highest BCUT2D eigenvalue weighted by Crippen LogP contribution is 2.38. The highest BCUT2D eigenvalue weighted by molar-refractivity contribution is 9.10. The summed E-state index contributed by atoms with van der Waals surface area (Å²) in [5.74, 6) is 0.532. The number of nitrogens with zero attached hydrogens (tertiary/aromatic N) is 1. The molecule has 1 aromatic carbocycles. The van der Waals surface area contributed by atoms with Crippen molar-refractivity contribution in [1.29, 1.82) is 0 Å². The third-order valence-corrected chi connectivity index (χ3v) is 5.26. The second-order valence-electron chi connectivity index (χ2n) is 5.59. The molecule has 2 atom stereocenters. The third-order valence-electron chi connectivity index (χ3n) is 4.05. The van der Waals surface area contributed by atoms with Gasteiger partial charge in [-0.25, -0.2) is 0 Å². The molecule has 0 amide bonds. The van der Waals surface area contributed by atoms with Crippen LogP contribution in [0.2, 0.25) is 5.02 Å². The molecule has 4 heteroatoms. The van der Waals surface area contributed by atoms with E-state index in [1.54, 1.807) is 0 Å². The quantitative estimate of drug-likeness (QED) is 0.888. The van der Waals surface area contributed by atoms with Gasteiger partial charge in [-0.05, 0) is 79.3 Å². The molecule has 2 N–H and O–H groups in total. The lowest BCUT2D eigenvalue weighted by molar-refractivity contribution is 0.0665. The van der Waals surface area contributed by atoms with Crippen LogP contribution in [0.5, 0.6) is 0 Å². The van der Waals surface area contributed by atoms with Crippen molar-refractivity contribution >= 4 is 27.5 Å². The van der Waals surface area contributed by atoms with E-state index in [1.807, 2.05) is 6.07 Å². The Bertz CT molecular complexity index is 436. The molecule has 0 radical (unpaired) electrons. The van der Waals surface area contributed by atoms with Gasteiger partial charge in [0.15, 0.2) is 0 Å². The van der Waals surface area contributed by atoms with E-state index in [0.717, 1.165) is 22.6 Å². The van der Waals surface area contributed by atoms with Crippen molar-refractivity contribution in [3.8, 4) is 0 Å². The third kappa shape index (κ3) is 3.33. The lowest BCUT2D eigenvalue weighted by Crippen LogP contribution is -2.44. The standard InChI is InChI=1S/C15H22BrClN2/c1-10(2)19-7-3-4-12(9-18)15(19)11-5-6-14(17)13(16)8-11/h5-6,8,10,12,15H,3-4,7,9,18H2,1-2H3. The Morgan fingerprint density at radius 1 is 1.47 bits per heavy atom. The van der Waals surface area contributed by atoms with Gasteiger partial charge in [-0.15, -0.1) is 0 Å². The van der Waals surface area contributed by atoms with Crippen molar-refractivity contribution in [3.05, 3.63) is 33.3 Å². The molecule has 0 bridgehead atoms. The second kappa shape index (κ2) is 6.57. The summed E-state index contributed by atoms with van der Waals surface area (Å²) < 4.78 is 0.969. The second-order valence-corrected chi connectivity index (χ2v) is 6.85. The minimum Gasteiger partial charge on any atom is -0.330 e. The number of hydrogen-bond donors (Lipinski definition) is 1. The summed E-state index contributed by atoms with van der Waals surface area (Å²) in [5.41, 5.74) is 7.32. The predicted octanol–water partition coefficient (Wildman–Crippen LogP) is 4.22. The topological polar surface area (TPSA) is 29.3 Å². The summed E-state index contributed by atoms with van der Waals surface area (Å²) in [5, 5.41) is 0.764. The fourth-order valence-electron chi connectivity index (χ4n) is 3.09. The summed E-state index contributed by atoms with van der Waals surface area (Å²) in [6, 6.07) is 7.21. The first-order valence-electron chi connectivity index (χ1n) is 6.95. The van der Waals surface area contributed by atoms with Crippen LogP contribution in [0.15, 0.2) is 22.7 Å². The lowest BCUT2D eigenvalue weighted by atomic mass is 9.84. The summed E-state index contributed by atoms with van der Waals surface area (Å²) in [6.07, 6.45) is 2.45. The molecule has 2 unspecified atom stereocenters. The minimum atomic E-state index is 0.410. The molecule has 1 saturated heterocycles. The highest BCUT2D eigenvalue weighted by Gasteiger charge is 2.33. The van der Waals surface area contributed by atoms with Crippen LogP contribution in [0.3, 0.4) is 0 Å². The number of benzene rings is 1. The van der Waals surface area contributed by atoms with Crippen LogP contribution in [0, 0.1) is 5.92 Å². The maximum atomic E-state index is 6.10. The van der Waals surface area contributed by atoms with E-state index in [0.29, 0.717) is 18.0 Å². The molecular weight excluding hydrogens is 324 g/mol. The van der Waals surface area contributed by atoms with E-state index in [2.05, 4.69) is 46.8 Å². The number of rotatable bonds is 3. The van der Waals surface area contributed by atoms with Crippen LogP contribution in [-0.2, 0) is 0 Å². The van der Waals surface area contributed by atoms with E-state index in [4.69, 9.17) is 17.3 Å². The Morgan fingerprint density at radius 2 is 2.21 bits per heavy atom. The summed E-state index contributed by atoms with van der Waals surface area (Å²) in [4.78, 5) is 2.57. The van der Waals surface area contributed by atoms with Gasteiger partial charge in [0.25, 0.3) is 0 Å². The van der Waals surface area contributed by atoms with Crippen molar-refractivity contribution in [3.63, 3.8) is 0 Å². The maximum Gasteiger partial charge on any atom is 0.0548 e. The molecule has 19 heavy (non-hydrogen) atoms. The average molecular weight is 346 g/mol. The molecule has 0 aromatic heterocycles. The van der Waals surface area contributed by atoms with Crippen LogP contribution in [0.1, 0.15) is 38.3 Å². The van der Waals surface area contributed by atoms with Gasteiger partial charge in [-0.2, -0.15) is 0 Å². The van der Waals surface area contributed by atoms with E-state index >= 15 is 0 Å². The largest absolute Gasteiger partial charge is 0.330 e. The van der Waals surface area contributed by atoms with Crippen LogP contribution >= 0.6 is 27.5 Å². The summed E-state index contributed by atoms with van der Waals surface area (Å²) in [7, 11) is 0. The highest BCUT2D eigenvalue weighted by atomic mass is 79.9. The zero-order chi connectivity index (χ0) is 14.0. The predicted molar refractivity (Wildman–Crippen MR) is 85.5 cm³/mol. The zero-order valence-electron chi connectivity index (χ0n) is 11.6. The number of halogens is 2. The smallest absolute Gasteiger partial charge is 0.0548 e. The molecule has 0 spiro atoms. The number of likely N-dealkylation sites (tertiary alicyclic amines) is 1. The fourth-order valence-corrected chi connectivity index (χ4v) is 3.60. The maximum absolute atomic E-state index is 6.10. The normalized spacial score (nSPS) is 24.9. The first-order chi connectivity index (χ1) is 9.04. The molecule has 1 aromatic rings. The Kier molecular flexibility index (Phi) is 5.29. The Balaban J connectivity index is 2.36. The molecule has 0 aliphatic carbocycles. The van der Waals surface area contributed by atoms with Crippen LogP contribution < -0.4 is 5.73 Å². The average Bonchev–Trinajstić information content (AvgIpc) is 2.41. The van der Waals surface area contributed by atoms with E-state index < -0.39 is 0 Å². The molecule has 1 fully saturated rings. The van der Waals surface area contributed by atoms with Crippen LogP contribution in [-0.4, -0.2) is 24.0 Å². The minimum absolute atomic E-state index is 0.410. The van der Waals surface area contributed by atoms with Crippen LogP contribution in [0.25, 0.3) is 0 Å². The molecule has 1 aliphatic heterocycles. The molecule has 1 aliphatic rings. The van der Waals surface area contributed by atoms with E-state index in [9.17, 15) is 0 Å². The summed E-state index contributed by atoms with van der Waals surface area (Å²) in [6.45, 7) is 6.42. The van der Waals surface area contributed by atoms with Crippen molar-refractivity contribution in [2.24, 2.45) is 11.7 Å². The Morgan fingerprint density at radius 3 is 2.79 bits per heavy atom. The van der Waals surface area contributed by atoms with Crippen molar-refractivity contribution in [2.45, 2.75) is 38.8 Å². The van der Waals surface area contributed by atoms with Crippen molar-refractivity contribution in [1.82, 2.24) is 4.90 Å². The molecule has 1 heterocycles. The van der Waals surface area contributed by atoms with Gasteiger partial charge in [0.2, 0.25) is 0 Å². The molecule has 0 saturated carbocycles. The van der Waals surface area contributed by atoms with Crippen molar-refractivity contribution < 1.29 is 0 Å². The number of hydrogen-bond acceptors (Lipinski definition) is 2. The van der Waals surface area contributed by atoms with Gasteiger partial charge >= 0.3 is 0 Å². The molecule has 106 valence electrons. The lowest BCUT2D eigenvalue weighted by Gasteiger charge is -2.43. The summed E-state index contributed by atoms with van der Waals surface area (Å²) >= 11 is 9.63. The molecule has 2 nitrogen and oxygen atoms in total. The first-order valence-corrected chi connectivity index (χ1v) is 8.12. The monoisotopic (exact) mass is 344 g/mol. The van der Waals surface area contributed by atoms with Crippen molar-refractivity contribution in [2.75, 3.05) is 13.1 Å². The molecular formula is C15H22BrClN2.